The Balaban J connectivity index is 1.80. The van der Waals surface area contributed by atoms with Crippen molar-refractivity contribution in [2.24, 2.45) is 0 Å². The minimum atomic E-state index is -0.348. The Hall–Kier alpha value is -0.0300. The molecule has 0 amide bonds. The third-order valence-corrected chi connectivity index (χ3v) is 5.59. The van der Waals surface area contributed by atoms with E-state index in [1.165, 1.54) is 25.7 Å². The second-order valence-electron chi connectivity index (χ2n) is 4.60. The van der Waals surface area contributed by atoms with Gasteiger partial charge >= 0.3 is 0 Å². The molecule has 0 aliphatic heterocycles. The van der Waals surface area contributed by atoms with Gasteiger partial charge in [-0.1, -0.05) is 18.9 Å². The van der Waals surface area contributed by atoms with Gasteiger partial charge in [0.25, 0.3) is 0 Å². The van der Waals surface area contributed by atoms with Crippen LogP contribution in [-0.2, 0) is 0 Å². The van der Waals surface area contributed by atoms with Crippen LogP contribution in [0.1, 0.15) is 36.7 Å². The van der Waals surface area contributed by atoms with Crippen LogP contribution in [-0.4, -0.2) is 29.2 Å². The highest BCUT2D eigenvalue weighted by molar-refractivity contribution is 7.99. The molecule has 0 aromatic carbocycles. The summed E-state index contributed by atoms with van der Waals surface area (Å²) in [5.74, 6) is 0. The van der Waals surface area contributed by atoms with Crippen LogP contribution in [0.4, 0.5) is 0 Å². The Kier molecular flexibility index (Phi) is 5.35. The van der Waals surface area contributed by atoms with Crippen LogP contribution >= 0.6 is 23.1 Å². The maximum atomic E-state index is 10.0. The summed E-state index contributed by atoms with van der Waals surface area (Å²) in [6.07, 6.45) is 7.09. The summed E-state index contributed by atoms with van der Waals surface area (Å²) in [7, 11) is 0. The Morgan fingerprint density at radius 1 is 1.53 bits per heavy atom. The molecule has 3 unspecified atom stereocenters. The fraction of sp³-hybridized carbons (Fsp3) is 0.692. The number of rotatable bonds is 5. The first-order chi connectivity index (χ1) is 8.31. The minimum absolute atomic E-state index is 0.348. The number of hydrogen-bond acceptors (Lipinski definition) is 4. The zero-order chi connectivity index (χ0) is 12.1. The zero-order valence-electron chi connectivity index (χ0n) is 10.3. The van der Waals surface area contributed by atoms with E-state index in [4.69, 9.17) is 0 Å². The fourth-order valence-corrected chi connectivity index (χ4v) is 4.13. The second kappa shape index (κ2) is 6.78. The molecule has 2 N–H and O–H groups in total. The first kappa shape index (κ1) is 13.4. The van der Waals surface area contributed by atoms with E-state index >= 15 is 0 Å². The molecule has 4 heteroatoms. The van der Waals surface area contributed by atoms with Crippen molar-refractivity contribution in [1.29, 1.82) is 0 Å². The number of hydrogen-bond donors (Lipinski definition) is 2. The third-order valence-electron chi connectivity index (χ3n) is 3.45. The molecule has 1 aliphatic rings. The Morgan fingerprint density at radius 2 is 2.35 bits per heavy atom. The second-order valence-corrected chi connectivity index (χ2v) is 6.66. The number of thioether (sulfide) groups is 1. The van der Waals surface area contributed by atoms with Crippen molar-refractivity contribution >= 4 is 23.1 Å². The lowest BCUT2D eigenvalue weighted by Gasteiger charge is -2.31. The van der Waals surface area contributed by atoms with Gasteiger partial charge < -0.3 is 10.4 Å². The largest absolute Gasteiger partial charge is 0.386 e. The monoisotopic (exact) mass is 271 g/mol. The number of aliphatic hydroxyl groups excluding tert-OH is 1. The van der Waals surface area contributed by atoms with Crippen molar-refractivity contribution in [3.05, 3.63) is 22.4 Å². The van der Waals surface area contributed by atoms with Gasteiger partial charge in [-0.05, 0) is 30.5 Å². The molecular formula is C13H21NOS2. The molecule has 1 saturated carbocycles. The topological polar surface area (TPSA) is 32.3 Å². The van der Waals surface area contributed by atoms with E-state index in [-0.39, 0.29) is 6.10 Å². The van der Waals surface area contributed by atoms with Gasteiger partial charge in [0, 0.05) is 22.7 Å². The lowest BCUT2D eigenvalue weighted by Crippen LogP contribution is -2.42. The molecule has 2 nitrogen and oxygen atoms in total. The number of nitrogens with one attached hydrogen (secondary N) is 1. The van der Waals surface area contributed by atoms with Crippen molar-refractivity contribution in [2.45, 2.75) is 43.1 Å². The average molecular weight is 271 g/mol. The van der Waals surface area contributed by atoms with Crippen LogP contribution in [0.15, 0.2) is 17.5 Å². The standard InChI is InChI=1S/C13H21NOS2/c1-16-12-6-3-2-5-10(12)14-9-11(15)13-7-4-8-17-13/h4,7-8,10-12,14-15H,2-3,5-6,9H2,1H3. The summed E-state index contributed by atoms with van der Waals surface area (Å²) in [6, 6.07) is 4.58. The molecule has 1 aromatic rings. The lowest BCUT2D eigenvalue weighted by molar-refractivity contribution is 0.170. The highest BCUT2D eigenvalue weighted by Gasteiger charge is 2.24. The lowest BCUT2D eigenvalue weighted by atomic mass is 9.94. The Morgan fingerprint density at radius 3 is 3.06 bits per heavy atom. The molecule has 1 aliphatic carbocycles. The molecule has 0 spiro atoms. The van der Waals surface area contributed by atoms with Gasteiger partial charge in [0.05, 0.1) is 0 Å². The van der Waals surface area contributed by atoms with Crippen molar-refractivity contribution in [2.75, 3.05) is 12.8 Å². The maximum Gasteiger partial charge on any atom is 0.101 e. The van der Waals surface area contributed by atoms with E-state index in [2.05, 4.69) is 11.6 Å². The van der Waals surface area contributed by atoms with E-state index in [1.54, 1.807) is 11.3 Å². The normalized spacial score (nSPS) is 26.9. The van der Waals surface area contributed by atoms with Crippen molar-refractivity contribution < 1.29 is 5.11 Å². The van der Waals surface area contributed by atoms with Crippen LogP contribution in [0.2, 0.25) is 0 Å². The molecule has 0 saturated heterocycles. The quantitative estimate of drug-likeness (QED) is 0.863. The molecule has 2 rings (SSSR count). The van der Waals surface area contributed by atoms with Gasteiger partial charge in [-0.2, -0.15) is 11.8 Å². The van der Waals surface area contributed by atoms with Gasteiger partial charge in [0.15, 0.2) is 0 Å². The molecule has 1 heterocycles. The maximum absolute atomic E-state index is 10.0. The van der Waals surface area contributed by atoms with Crippen LogP contribution in [0.5, 0.6) is 0 Å². The molecule has 1 fully saturated rings. The third kappa shape index (κ3) is 3.71. The average Bonchev–Trinajstić information content (AvgIpc) is 2.90. The summed E-state index contributed by atoms with van der Waals surface area (Å²) in [6.45, 7) is 0.683. The molecular weight excluding hydrogens is 250 g/mol. The molecule has 0 bridgehead atoms. The predicted octanol–water partition coefficient (Wildman–Crippen LogP) is 3.05. The van der Waals surface area contributed by atoms with E-state index < -0.39 is 0 Å². The van der Waals surface area contributed by atoms with Gasteiger partial charge in [-0.25, -0.2) is 0 Å². The SMILES string of the molecule is CSC1CCCCC1NCC(O)c1cccs1. The molecule has 96 valence electrons. The van der Waals surface area contributed by atoms with E-state index in [0.717, 1.165) is 10.1 Å². The van der Waals surface area contributed by atoms with Crippen LogP contribution < -0.4 is 5.32 Å². The summed E-state index contributed by atoms with van der Waals surface area (Å²) in [5.41, 5.74) is 0. The van der Waals surface area contributed by atoms with E-state index in [1.807, 2.05) is 29.3 Å². The smallest absolute Gasteiger partial charge is 0.101 e. The number of aliphatic hydroxyl groups is 1. The molecule has 3 atom stereocenters. The molecule has 17 heavy (non-hydrogen) atoms. The summed E-state index contributed by atoms with van der Waals surface area (Å²) >= 11 is 3.59. The van der Waals surface area contributed by atoms with Crippen molar-refractivity contribution in [3.63, 3.8) is 0 Å². The van der Waals surface area contributed by atoms with Crippen molar-refractivity contribution in [3.8, 4) is 0 Å². The zero-order valence-corrected chi connectivity index (χ0v) is 11.9. The first-order valence-electron chi connectivity index (χ1n) is 6.29. The van der Waals surface area contributed by atoms with Crippen LogP contribution in [0.3, 0.4) is 0 Å². The summed E-state index contributed by atoms with van der Waals surface area (Å²) in [5, 5.41) is 16.3. The van der Waals surface area contributed by atoms with Gasteiger partial charge in [0.1, 0.15) is 6.10 Å². The van der Waals surface area contributed by atoms with Gasteiger partial charge in [0.2, 0.25) is 0 Å². The summed E-state index contributed by atoms with van der Waals surface area (Å²) in [4.78, 5) is 1.06. The van der Waals surface area contributed by atoms with E-state index in [0.29, 0.717) is 12.6 Å². The minimum Gasteiger partial charge on any atom is -0.386 e. The molecule has 1 aromatic heterocycles. The highest BCUT2D eigenvalue weighted by atomic mass is 32.2. The summed E-state index contributed by atoms with van der Waals surface area (Å²) < 4.78 is 0. The van der Waals surface area contributed by atoms with Gasteiger partial charge in [-0.3, -0.25) is 0 Å². The van der Waals surface area contributed by atoms with Gasteiger partial charge in [-0.15, -0.1) is 11.3 Å². The first-order valence-corrected chi connectivity index (χ1v) is 8.45. The van der Waals surface area contributed by atoms with E-state index in [9.17, 15) is 5.11 Å². The Labute approximate surface area is 112 Å². The Bertz CT molecular complexity index is 315. The number of thiophene rings is 1. The highest BCUT2D eigenvalue weighted by Crippen LogP contribution is 2.27. The molecule has 0 radical (unpaired) electrons. The van der Waals surface area contributed by atoms with Crippen molar-refractivity contribution in [1.82, 2.24) is 5.32 Å². The van der Waals surface area contributed by atoms with Crippen LogP contribution in [0.25, 0.3) is 0 Å². The fourth-order valence-electron chi connectivity index (χ4n) is 2.46. The van der Waals surface area contributed by atoms with Crippen LogP contribution in [0, 0.1) is 0 Å². The predicted molar refractivity (Wildman–Crippen MR) is 76.8 cm³/mol.